The average Bonchev–Trinajstić information content (AvgIpc) is 2.38. The van der Waals surface area contributed by atoms with Gasteiger partial charge in [-0.05, 0) is 42.8 Å². The van der Waals surface area contributed by atoms with Crippen molar-refractivity contribution in [2.45, 2.75) is 6.92 Å². The number of hydrogen-bond donors (Lipinski definition) is 0. The van der Waals surface area contributed by atoms with E-state index in [9.17, 15) is 4.79 Å². The third-order valence-electron chi connectivity index (χ3n) is 2.41. The number of carbonyl (C=O) groups excluding carboxylic acids is 1. The Labute approximate surface area is 99.9 Å². The molecule has 0 spiro atoms. The number of pyridine rings is 2. The van der Waals surface area contributed by atoms with Crippen molar-refractivity contribution in [1.29, 1.82) is 0 Å². The van der Waals surface area contributed by atoms with Crippen LogP contribution in [0.4, 0.5) is 0 Å². The Morgan fingerprint density at radius 3 is 2.65 bits per heavy atom. The molecule has 0 fully saturated rings. The highest BCUT2D eigenvalue weighted by Gasteiger charge is 2.00. The molecule has 0 amide bonds. The molecule has 0 N–H and O–H groups in total. The Kier molecular flexibility index (Phi) is 3.40. The Hall–Kier alpha value is -2.29. The fourth-order valence-electron chi connectivity index (χ4n) is 1.44. The summed E-state index contributed by atoms with van der Waals surface area (Å²) in [5, 5.41) is 0. The van der Waals surface area contributed by atoms with Gasteiger partial charge in [0, 0.05) is 24.2 Å². The largest absolute Gasteiger partial charge is 0.289 e. The Bertz CT molecular complexity index is 547. The van der Waals surface area contributed by atoms with Gasteiger partial charge in [-0.1, -0.05) is 6.07 Å². The van der Waals surface area contributed by atoms with Crippen LogP contribution in [0.2, 0.25) is 0 Å². The zero-order valence-corrected chi connectivity index (χ0v) is 9.50. The SMILES string of the molecule is Cc1cccnc1/C=C\C(=O)c1ccncc1. The molecule has 0 bridgehead atoms. The average molecular weight is 224 g/mol. The summed E-state index contributed by atoms with van der Waals surface area (Å²) in [4.78, 5) is 19.9. The molecule has 2 aromatic heterocycles. The summed E-state index contributed by atoms with van der Waals surface area (Å²) in [5.41, 5.74) is 2.49. The van der Waals surface area contributed by atoms with Crippen LogP contribution in [0.5, 0.6) is 0 Å². The highest BCUT2D eigenvalue weighted by Crippen LogP contribution is 2.07. The number of aromatic nitrogens is 2. The van der Waals surface area contributed by atoms with Crippen LogP contribution in [0, 0.1) is 6.92 Å². The lowest BCUT2D eigenvalue weighted by Crippen LogP contribution is -1.94. The molecule has 0 radical (unpaired) electrons. The molecule has 0 saturated carbocycles. The van der Waals surface area contributed by atoms with Crippen molar-refractivity contribution in [2.75, 3.05) is 0 Å². The molecule has 2 rings (SSSR count). The molecule has 0 aliphatic carbocycles. The van der Waals surface area contributed by atoms with Gasteiger partial charge in [0.1, 0.15) is 0 Å². The molecule has 0 unspecified atom stereocenters. The van der Waals surface area contributed by atoms with Crippen molar-refractivity contribution in [3.8, 4) is 0 Å². The van der Waals surface area contributed by atoms with Crippen LogP contribution in [-0.4, -0.2) is 15.8 Å². The van der Waals surface area contributed by atoms with Gasteiger partial charge >= 0.3 is 0 Å². The number of hydrogen-bond acceptors (Lipinski definition) is 3. The summed E-state index contributed by atoms with van der Waals surface area (Å²) in [5.74, 6) is -0.0440. The normalized spacial score (nSPS) is 10.6. The first kappa shape index (κ1) is 11.2. The fraction of sp³-hybridized carbons (Fsp3) is 0.0714. The number of nitrogens with zero attached hydrogens (tertiary/aromatic N) is 2. The van der Waals surface area contributed by atoms with E-state index < -0.39 is 0 Å². The predicted molar refractivity (Wildman–Crippen MR) is 66.6 cm³/mol. The molecule has 2 heterocycles. The zero-order valence-electron chi connectivity index (χ0n) is 9.50. The Balaban J connectivity index is 2.17. The van der Waals surface area contributed by atoms with Crippen molar-refractivity contribution in [1.82, 2.24) is 9.97 Å². The summed E-state index contributed by atoms with van der Waals surface area (Å²) in [6.45, 7) is 1.96. The minimum absolute atomic E-state index is 0.0440. The van der Waals surface area contributed by atoms with Gasteiger partial charge in [-0.25, -0.2) is 0 Å². The quantitative estimate of drug-likeness (QED) is 0.594. The predicted octanol–water partition coefficient (Wildman–Crippen LogP) is 2.68. The van der Waals surface area contributed by atoms with Crippen LogP contribution in [0.1, 0.15) is 21.6 Å². The maximum Gasteiger partial charge on any atom is 0.186 e. The first-order valence-corrected chi connectivity index (χ1v) is 5.31. The summed E-state index contributed by atoms with van der Waals surface area (Å²) >= 11 is 0. The molecule has 3 heteroatoms. The number of aryl methyl sites for hydroxylation is 1. The van der Waals surface area contributed by atoms with Crippen molar-refractivity contribution in [3.63, 3.8) is 0 Å². The second kappa shape index (κ2) is 5.16. The minimum atomic E-state index is -0.0440. The van der Waals surface area contributed by atoms with Crippen molar-refractivity contribution in [3.05, 3.63) is 65.8 Å². The maximum atomic E-state index is 11.8. The third kappa shape index (κ3) is 2.84. The van der Waals surface area contributed by atoms with E-state index in [2.05, 4.69) is 9.97 Å². The molecule has 0 aromatic carbocycles. The number of carbonyl (C=O) groups is 1. The minimum Gasteiger partial charge on any atom is -0.289 e. The smallest absolute Gasteiger partial charge is 0.186 e. The van der Waals surface area contributed by atoms with Gasteiger partial charge in [-0.2, -0.15) is 0 Å². The highest BCUT2D eigenvalue weighted by molar-refractivity contribution is 6.06. The zero-order chi connectivity index (χ0) is 12.1. The lowest BCUT2D eigenvalue weighted by Gasteiger charge is -1.97. The van der Waals surface area contributed by atoms with Crippen LogP contribution in [-0.2, 0) is 0 Å². The Morgan fingerprint density at radius 2 is 1.94 bits per heavy atom. The topological polar surface area (TPSA) is 42.9 Å². The van der Waals surface area contributed by atoms with E-state index in [-0.39, 0.29) is 5.78 Å². The summed E-state index contributed by atoms with van der Waals surface area (Å²) < 4.78 is 0. The first-order chi connectivity index (χ1) is 8.27. The van der Waals surface area contributed by atoms with Gasteiger partial charge in [-0.3, -0.25) is 14.8 Å². The van der Waals surface area contributed by atoms with Crippen LogP contribution < -0.4 is 0 Å². The van der Waals surface area contributed by atoms with Gasteiger partial charge in [0.15, 0.2) is 5.78 Å². The van der Waals surface area contributed by atoms with Gasteiger partial charge < -0.3 is 0 Å². The van der Waals surface area contributed by atoms with Crippen LogP contribution in [0.25, 0.3) is 6.08 Å². The summed E-state index contributed by atoms with van der Waals surface area (Å²) in [6, 6.07) is 7.22. The molecule has 84 valence electrons. The molecule has 2 aromatic rings. The molecule has 0 aliphatic rings. The van der Waals surface area contributed by atoms with Crippen LogP contribution in [0.15, 0.2) is 48.9 Å². The molecule has 3 nitrogen and oxygen atoms in total. The second-order valence-corrected chi connectivity index (χ2v) is 3.64. The van der Waals surface area contributed by atoms with Crippen molar-refractivity contribution in [2.24, 2.45) is 0 Å². The first-order valence-electron chi connectivity index (χ1n) is 5.31. The van der Waals surface area contributed by atoms with Gasteiger partial charge in [-0.15, -0.1) is 0 Å². The molecular weight excluding hydrogens is 212 g/mol. The van der Waals surface area contributed by atoms with E-state index in [0.29, 0.717) is 5.56 Å². The molecule has 0 atom stereocenters. The maximum absolute atomic E-state index is 11.8. The molecule has 0 aliphatic heterocycles. The number of ketones is 1. The molecule has 17 heavy (non-hydrogen) atoms. The van der Waals surface area contributed by atoms with E-state index >= 15 is 0 Å². The van der Waals surface area contributed by atoms with E-state index in [1.54, 1.807) is 36.8 Å². The summed E-state index contributed by atoms with van der Waals surface area (Å²) in [6.07, 6.45) is 8.19. The monoisotopic (exact) mass is 224 g/mol. The molecular formula is C14H12N2O. The van der Waals surface area contributed by atoms with Gasteiger partial charge in [0.25, 0.3) is 0 Å². The lowest BCUT2D eigenvalue weighted by molar-refractivity contribution is 0.104. The van der Waals surface area contributed by atoms with Crippen LogP contribution in [0.3, 0.4) is 0 Å². The highest BCUT2D eigenvalue weighted by atomic mass is 16.1. The van der Waals surface area contributed by atoms with E-state index in [4.69, 9.17) is 0 Å². The van der Waals surface area contributed by atoms with Crippen LogP contribution >= 0.6 is 0 Å². The van der Waals surface area contributed by atoms with E-state index in [1.807, 2.05) is 19.1 Å². The summed E-state index contributed by atoms with van der Waals surface area (Å²) in [7, 11) is 0. The van der Waals surface area contributed by atoms with Crippen molar-refractivity contribution < 1.29 is 4.79 Å². The third-order valence-corrected chi connectivity index (χ3v) is 2.41. The fourth-order valence-corrected chi connectivity index (χ4v) is 1.44. The number of allylic oxidation sites excluding steroid dienone is 1. The van der Waals surface area contributed by atoms with E-state index in [1.165, 1.54) is 6.08 Å². The van der Waals surface area contributed by atoms with E-state index in [0.717, 1.165) is 11.3 Å². The second-order valence-electron chi connectivity index (χ2n) is 3.64. The van der Waals surface area contributed by atoms with Crippen molar-refractivity contribution >= 4 is 11.9 Å². The molecule has 0 saturated heterocycles. The van der Waals surface area contributed by atoms with Gasteiger partial charge in [0.05, 0.1) is 5.69 Å². The standard InChI is InChI=1S/C14H12N2O/c1-11-3-2-8-16-13(11)4-5-14(17)12-6-9-15-10-7-12/h2-10H,1H3/b5-4-. The lowest BCUT2D eigenvalue weighted by atomic mass is 10.1. The Morgan fingerprint density at radius 1 is 1.18 bits per heavy atom. The van der Waals surface area contributed by atoms with Gasteiger partial charge in [0.2, 0.25) is 0 Å². The number of rotatable bonds is 3.